The zero-order valence-corrected chi connectivity index (χ0v) is 11.4. The number of nitrogens with one attached hydrogen (secondary N) is 1. The van der Waals surface area contributed by atoms with Gasteiger partial charge in [0.2, 0.25) is 0 Å². The van der Waals surface area contributed by atoms with Crippen molar-refractivity contribution in [2.75, 3.05) is 0 Å². The summed E-state index contributed by atoms with van der Waals surface area (Å²) >= 11 is 1.70. The molecule has 0 radical (unpaired) electrons. The standard InChI is InChI=1S/C14H17FN2S/c1-10(6-12-4-3-5-13(15)7-12)16-9-14-17-8-11(2)18-14/h3-5,7-8,10,16H,6,9H2,1-2H3. The van der Waals surface area contributed by atoms with Gasteiger partial charge in [-0.2, -0.15) is 0 Å². The average Bonchev–Trinajstić information content (AvgIpc) is 2.73. The number of aryl methyl sites for hydroxylation is 1. The van der Waals surface area contributed by atoms with Gasteiger partial charge in [0.25, 0.3) is 0 Å². The van der Waals surface area contributed by atoms with Crippen LogP contribution in [-0.4, -0.2) is 11.0 Å². The minimum absolute atomic E-state index is 0.171. The molecule has 1 unspecified atom stereocenters. The first-order valence-electron chi connectivity index (χ1n) is 6.02. The quantitative estimate of drug-likeness (QED) is 0.896. The van der Waals surface area contributed by atoms with Gasteiger partial charge < -0.3 is 5.32 Å². The van der Waals surface area contributed by atoms with Crippen LogP contribution in [-0.2, 0) is 13.0 Å². The number of thiazole rings is 1. The third-order valence-corrected chi connectivity index (χ3v) is 3.61. The molecule has 1 atom stereocenters. The van der Waals surface area contributed by atoms with Crippen LogP contribution in [0.1, 0.15) is 22.4 Å². The van der Waals surface area contributed by atoms with Crippen LogP contribution in [0.5, 0.6) is 0 Å². The molecule has 1 heterocycles. The third-order valence-electron chi connectivity index (χ3n) is 2.70. The molecule has 2 rings (SSSR count). The van der Waals surface area contributed by atoms with Crippen molar-refractivity contribution in [1.29, 1.82) is 0 Å². The highest BCUT2D eigenvalue weighted by Gasteiger charge is 2.05. The lowest BCUT2D eigenvalue weighted by molar-refractivity contribution is 0.542. The second kappa shape index (κ2) is 6.07. The van der Waals surface area contributed by atoms with Gasteiger partial charge in [-0.3, -0.25) is 0 Å². The minimum atomic E-state index is -0.171. The van der Waals surface area contributed by atoms with Crippen LogP contribution in [0.3, 0.4) is 0 Å². The topological polar surface area (TPSA) is 24.9 Å². The summed E-state index contributed by atoms with van der Waals surface area (Å²) in [5.74, 6) is -0.171. The fraction of sp³-hybridized carbons (Fsp3) is 0.357. The molecule has 0 saturated carbocycles. The molecule has 1 N–H and O–H groups in total. The Morgan fingerprint density at radius 2 is 2.28 bits per heavy atom. The van der Waals surface area contributed by atoms with Crippen molar-refractivity contribution in [1.82, 2.24) is 10.3 Å². The van der Waals surface area contributed by atoms with E-state index in [0.717, 1.165) is 23.5 Å². The van der Waals surface area contributed by atoms with Crippen LogP contribution in [0.4, 0.5) is 4.39 Å². The second-order valence-corrected chi connectivity index (χ2v) is 5.80. The van der Waals surface area contributed by atoms with Gasteiger partial charge in [-0.15, -0.1) is 11.3 Å². The first-order chi connectivity index (χ1) is 8.63. The van der Waals surface area contributed by atoms with E-state index in [-0.39, 0.29) is 5.82 Å². The first kappa shape index (κ1) is 13.2. The molecule has 0 spiro atoms. The lowest BCUT2D eigenvalue weighted by atomic mass is 10.1. The Bertz CT molecular complexity index is 510. The predicted molar refractivity (Wildman–Crippen MR) is 73.3 cm³/mol. The highest BCUT2D eigenvalue weighted by Crippen LogP contribution is 2.11. The zero-order valence-electron chi connectivity index (χ0n) is 10.6. The van der Waals surface area contributed by atoms with Gasteiger partial charge >= 0.3 is 0 Å². The Morgan fingerprint density at radius 1 is 1.44 bits per heavy atom. The van der Waals surface area contributed by atoms with Crippen LogP contribution in [0.25, 0.3) is 0 Å². The summed E-state index contributed by atoms with van der Waals surface area (Å²) in [7, 11) is 0. The maximum atomic E-state index is 13.0. The molecular formula is C14H17FN2S. The smallest absolute Gasteiger partial charge is 0.123 e. The van der Waals surface area contributed by atoms with Crippen molar-refractivity contribution in [3.63, 3.8) is 0 Å². The van der Waals surface area contributed by atoms with Gasteiger partial charge in [-0.25, -0.2) is 9.37 Å². The largest absolute Gasteiger partial charge is 0.308 e. The summed E-state index contributed by atoms with van der Waals surface area (Å²) in [6, 6.07) is 7.07. The lowest BCUT2D eigenvalue weighted by Crippen LogP contribution is -2.27. The lowest BCUT2D eigenvalue weighted by Gasteiger charge is -2.12. The van der Waals surface area contributed by atoms with Gasteiger partial charge in [-0.1, -0.05) is 12.1 Å². The highest BCUT2D eigenvalue weighted by atomic mass is 32.1. The van der Waals surface area contributed by atoms with Crippen LogP contribution < -0.4 is 5.32 Å². The fourth-order valence-corrected chi connectivity index (χ4v) is 2.57. The summed E-state index contributed by atoms with van der Waals surface area (Å²) in [4.78, 5) is 5.53. The molecule has 0 fully saturated rings. The summed E-state index contributed by atoms with van der Waals surface area (Å²) in [6.07, 6.45) is 2.71. The molecule has 0 aliphatic heterocycles. The molecule has 18 heavy (non-hydrogen) atoms. The van der Waals surface area contributed by atoms with Crippen molar-refractivity contribution < 1.29 is 4.39 Å². The van der Waals surface area contributed by atoms with E-state index < -0.39 is 0 Å². The van der Waals surface area contributed by atoms with Gasteiger partial charge in [0, 0.05) is 23.7 Å². The van der Waals surface area contributed by atoms with Crippen molar-refractivity contribution in [3.8, 4) is 0 Å². The van der Waals surface area contributed by atoms with Crippen LogP contribution >= 0.6 is 11.3 Å². The molecule has 1 aromatic carbocycles. The van der Waals surface area contributed by atoms with Crippen molar-refractivity contribution in [2.45, 2.75) is 32.9 Å². The molecule has 0 bridgehead atoms. The number of nitrogens with zero attached hydrogens (tertiary/aromatic N) is 1. The van der Waals surface area contributed by atoms with E-state index in [1.807, 2.05) is 12.3 Å². The number of halogens is 1. The van der Waals surface area contributed by atoms with E-state index >= 15 is 0 Å². The third kappa shape index (κ3) is 3.89. The van der Waals surface area contributed by atoms with Gasteiger partial charge in [0.1, 0.15) is 10.8 Å². The van der Waals surface area contributed by atoms with Crippen molar-refractivity contribution in [2.24, 2.45) is 0 Å². The van der Waals surface area contributed by atoms with Gasteiger partial charge in [0.15, 0.2) is 0 Å². The Kier molecular flexibility index (Phi) is 4.44. The molecule has 4 heteroatoms. The Labute approximate surface area is 111 Å². The molecule has 2 aromatic rings. The van der Waals surface area contributed by atoms with Crippen LogP contribution in [0.2, 0.25) is 0 Å². The minimum Gasteiger partial charge on any atom is -0.308 e. The predicted octanol–water partition coefficient (Wildman–Crippen LogP) is 3.31. The van der Waals surface area contributed by atoms with Crippen molar-refractivity contribution in [3.05, 3.63) is 51.7 Å². The number of aromatic nitrogens is 1. The van der Waals surface area contributed by atoms with E-state index in [0.29, 0.717) is 6.04 Å². The number of rotatable bonds is 5. The maximum absolute atomic E-state index is 13.0. The number of hydrogen-bond donors (Lipinski definition) is 1. The molecular weight excluding hydrogens is 247 g/mol. The summed E-state index contributed by atoms with van der Waals surface area (Å²) in [5.41, 5.74) is 1.02. The Morgan fingerprint density at radius 3 is 2.94 bits per heavy atom. The van der Waals surface area contributed by atoms with Crippen LogP contribution in [0, 0.1) is 12.7 Å². The highest BCUT2D eigenvalue weighted by molar-refractivity contribution is 7.11. The Hall–Kier alpha value is -1.26. The molecule has 1 aromatic heterocycles. The SMILES string of the molecule is Cc1cnc(CNC(C)Cc2cccc(F)c2)s1. The molecule has 2 nitrogen and oxygen atoms in total. The average molecular weight is 264 g/mol. The van der Waals surface area contributed by atoms with Crippen molar-refractivity contribution >= 4 is 11.3 Å². The van der Waals surface area contributed by atoms with E-state index in [4.69, 9.17) is 0 Å². The normalized spacial score (nSPS) is 12.6. The molecule has 0 aliphatic carbocycles. The van der Waals surface area contributed by atoms with Gasteiger partial charge in [0.05, 0.1) is 0 Å². The molecule has 0 aliphatic rings. The summed E-state index contributed by atoms with van der Waals surface area (Å²) < 4.78 is 13.0. The van der Waals surface area contributed by atoms with Gasteiger partial charge in [-0.05, 0) is 38.0 Å². The Balaban J connectivity index is 1.83. The van der Waals surface area contributed by atoms with E-state index in [1.54, 1.807) is 23.5 Å². The zero-order chi connectivity index (χ0) is 13.0. The van der Waals surface area contributed by atoms with Crippen LogP contribution in [0.15, 0.2) is 30.5 Å². The first-order valence-corrected chi connectivity index (χ1v) is 6.84. The molecule has 96 valence electrons. The summed E-state index contributed by atoms with van der Waals surface area (Å²) in [6.45, 7) is 4.93. The fourth-order valence-electron chi connectivity index (χ4n) is 1.83. The monoisotopic (exact) mass is 264 g/mol. The van der Waals surface area contributed by atoms with E-state index in [1.165, 1.54) is 10.9 Å². The molecule has 0 amide bonds. The maximum Gasteiger partial charge on any atom is 0.123 e. The number of hydrogen-bond acceptors (Lipinski definition) is 3. The second-order valence-electron chi connectivity index (χ2n) is 4.48. The van der Waals surface area contributed by atoms with E-state index in [2.05, 4.69) is 24.1 Å². The number of benzene rings is 1. The van der Waals surface area contributed by atoms with E-state index in [9.17, 15) is 4.39 Å². The summed E-state index contributed by atoms with van der Waals surface area (Å²) in [5, 5.41) is 4.50. The molecule has 0 saturated heterocycles.